The number of hydrogen-bond acceptors (Lipinski definition) is 2. The van der Waals surface area contributed by atoms with Crippen LogP contribution in [0.25, 0.3) is 22.0 Å². The maximum absolute atomic E-state index is 11.5. The second kappa shape index (κ2) is 4.35. The molecule has 3 aromatic rings. The molecule has 2 heterocycles. The minimum atomic E-state index is 0.0281. The van der Waals surface area contributed by atoms with Crippen LogP contribution >= 0.6 is 0 Å². The Hall–Kier alpha value is -2.42. The van der Waals surface area contributed by atoms with Gasteiger partial charge in [0.25, 0.3) is 0 Å². The van der Waals surface area contributed by atoms with Gasteiger partial charge in [0, 0.05) is 36.5 Å². The van der Waals surface area contributed by atoms with Gasteiger partial charge in [-0.3, -0.25) is 14.3 Å². The van der Waals surface area contributed by atoms with E-state index in [2.05, 4.69) is 18.0 Å². The Bertz CT molecular complexity index is 771. The summed E-state index contributed by atoms with van der Waals surface area (Å²) in [5.74, 6) is 0.0281. The SMILES string of the molecule is CC(=O)n1ccc2cc(-c3cnccc3C)ccc21. The standard InChI is InChI=1S/C16H14N2O/c1-11-5-7-17-10-15(11)13-3-4-16-14(9-13)6-8-18(16)12(2)19/h3-10H,1-2H3. The number of pyridine rings is 1. The maximum atomic E-state index is 11.5. The van der Waals surface area contributed by atoms with Crippen molar-refractivity contribution in [1.82, 2.24) is 9.55 Å². The highest BCUT2D eigenvalue weighted by atomic mass is 16.1. The number of benzene rings is 1. The summed E-state index contributed by atoms with van der Waals surface area (Å²) in [6.45, 7) is 3.64. The highest BCUT2D eigenvalue weighted by Crippen LogP contribution is 2.26. The van der Waals surface area contributed by atoms with Crippen LogP contribution in [-0.2, 0) is 0 Å². The fourth-order valence-electron chi connectivity index (χ4n) is 2.35. The largest absolute Gasteiger partial charge is 0.287 e. The maximum Gasteiger partial charge on any atom is 0.227 e. The Morgan fingerprint density at radius 2 is 2.05 bits per heavy atom. The van der Waals surface area contributed by atoms with Gasteiger partial charge >= 0.3 is 0 Å². The van der Waals surface area contributed by atoms with Gasteiger partial charge in [-0.15, -0.1) is 0 Å². The first-order chi connectivity index (χ1) is 9.16. The van der Waals surface area contributed by atoms with Crippen molar-refractivity contribution in [3.63, 3.8) is 0 Å². The van der Waals surface area contributed by atoms with Gasteiger partial charge in [-0.2, -0.15) is 0 Å². The predicted octanol–water partition coefficient (Wildman–Crippen LogP) is 3.67. The molecule has 0 radical (unpaired) electrons. The van der Waals surface area contributed by atoms with Gasteiger partial charge in [0.2, 0.25) is 5.91 Å². The van der Waals surface area contributed by atoms with E-state index in [9.17, 15) is 4.79 Å². The molecule has 0 saturated carbocycles. The van der Waals surface area contributed by atoms with Crippen LogP contribution in [0.5, 0.6) is 0 Å². The Kier molecular flexibility index (Phi) is 2.67. The highest BCUT2D eigenvalue weighted by molar-refractivity contribution is 5.93. The smallest absolute Gasteiger partial charge is 0.227 e. The van der Waals surface area contributed by atoms with Crippen LogP contribution in [0, 0.1) is 6.92 Å². The summed E-state index contributed by atoms with van der Waals surface area (Å²) in [4.78, 5) is 15.7. The third kappa shape index (κ3) is 1.93. The van der Waals surface area contributed by atoms with Crippen LogP contribution in [0.1, 0.15) is 17.3 Å². The van der Waals surface area contributed by atoms with Gasteiger partial charge in [0.1, 0.15) is 0 Å². The summed E-state index contributed by atoms with van der Waals surface area (Å²) in [7, 11) is 0. The lowest BCUT2D eigenvalue weighted by molar-refractivity contribution is 0.0941. The van der Waals surface area contributed by atoms with Gasteiger partial charge in [0.15, 0.2) is 0 Å². The topological polar surface area (TPSA) is 34.9 Å². The van der Waals surface area contributed by atoms with E-state index in [0.717, 1.165) is 22.0 Å². The first-order valence-corrected chi connectivity index (χ1v) is 6.20. The second-order valence-electron chi connectivity index (χ2n) is 4.67. The minimum Gasteiger partial charge on any atom is -0.287 e. The van der Waals surface area contributed by atoms with Crippen molar-refractivity contribution in [2.45, 2.75) is 13.8 Å². The first kappa shape index (κ1) is 11.7. The average molecular weight is 250 g/mol. The fourth-order valence-corrected chi connectivity index (χ4v) is 2.35. The lowest BCUT2D eigenvalue weighted by Crippen LogP contribution is -2.02. The summed E-state index contributed by atoms with van der Waals surface area (Å²) in [5.41, 5.74) is 4.39. The van der Waals surface area contributed by atoms with E-state index >= 15 is 0 Å². The third-order valence-corrected chi connectivity index (χ3v) is 3.38. The lowest BCUT2D eigenvalue weighted by atomic mass is 10.0. The zero-order valence-electron chi connectivity index (χ0n) is 10.9. The molecule has 0 fully saturated rings. The lowest BCUT2D eigenvalue weighted by Gasteiger charge is -2.06. The van der Waals surface area contributed by atoms with E-state index in [0.29, 0.717) is 0 Å². The Labute approximate surface area is 111 Å². The van der Waals surface area contributed by atoms with Crippen molar-refractivity contribution in [3.8, 4) is 11.1 Å². The number of nitrogens with zero attached hydrogens (tertiary/aromatic N) is 2. The summed E-state index contributed by atoms with van der Waals surface area (Å²) >= 11 is 0. The van der Waals surface area contributed by atoms with E-state index in [1.807, 2.05) is 36.7 Å². The van der Waals surface area contributed by atoms with Gasteiger partial charge in [0.05, 0.1) is 5.52 Å². The molecule has 2 aromatic heterocycles. The Morgan fingerprint density at radius 1 is 1.21 bits per heavy atom. The number of rotatable bonds is 1. The van der Waals surface area contributed by atoms with Crippen molar-refractivity contribution >= 4 is 16.8 Å². The molecule has 3 heteroatoms. The van der Waals surface area contributed by atoms with Gasteiger partial charge in [-0.25, -0.2) is 0 Å². The Balaban J connectivity index is 2.18. The molecule has 0 N–H and O–H groups in total. The van der Waals surface area contributed by atoms with Crippen LogP contribution in [-0.4, -0.2) is 15.5 Å². The Morgan fingerprint density at radius 3 is 2.79 bits per heavy atom. The monoisotopic (exact) mass is 250 g/mol. The van der Waals surface area contributed by atoms with Crippen molar-refractivity contribution in [3.05, 3.63) is 54.5 Å². The molecule has 0 aliphatic heterocycles. The normalized spacial score (nSPS) is 10.8. The van der Waals surface area contributed by atoms with Gasteiger partial charge < -0.3 is 0 Å². The highest BCUT2D eigenvalue weighted by Gasteiger charge is 2.07. The number of carbonyl (C=O) groups excluding carboxylic acids is 1. The number of hydrogen-bond donors (Lipinski definition) is 0. The quantitative estimate of drug-likeness (QED) is 0.660. The van der Waals surface area contributed by atoms with Crippen LogP contribution in [0.4, 0.5) is 0 Å². The minimum absolute atomic E-state index is 0.0281. The average Bonchev–Trinajstić information content (AvgIpc) is 2.82. The number of aryl methyl sites for hydroxylation is 1. The van der Waals surface area contributed by atoms with E-state index in [-0.39, 0.29) is 5.91 Å². The number of fused-ring (bicyclic) bond motifs is 1. The second-order valence-corrected chi connectivity index (χ2v) is 4.67. The zero-order valence-corrected chi connectivity index (χ0v) is 10.9. The van der Waals surface area contributed by atoms with E-state index in [4.69, 9.17) is 0 Å². The van der Waals surface area contributed by atoms with Crippen LogP contribution in [0.15, 0.2) is 48.9 Å². The number of carbonyl (C=O) groups is 1. The van der Waals surface area contributed by atoms with Crippen molar-refractivity contribution in [1.29, 1.82) is 0 Å². The molecule has 0 aliphatic carbocycles. The van der Waals surface area contributed by atoms with Gasteiger partial charge in [-0.05, 0) is 42.3 Å². The van der Waals surface area contributed by atoms with Crippen LogP contribution in [0.2, 0.25) is 0 Å². The van der Waals surface area contributed by atoms with Crippen molar-refractivity contribution in [2.24, 2.45) is 0 Å². The molecule has 3 nitrogen and oxygen atoms in total. The first-order valence-electron chi connectivity index (χ1n) is 6.20. The van der Waals surface area contributed by atoms with E-state index < -0.39 is 0 Å². The molecule has 0 saturated heterocycles. The molecule has 3 rings (SSSR count). The molecule has 0 bridgehead atoms. The fraction of sp³-hybridized carbons (Fsp3) is 0.125. The molecular weight excluding hydrogens is 236 g/mol. The molecular formula is C16H14N2O. The molecule has 0 spiro atoms. The zero-order chi connectivity index (χ0) is 13.4. The summed E-state index contributed by atoms with van der Waals surface area (Å²) in [6.07, 6.45) is 5.48. The summed E-state index contributed by atoms with van der Waals surface area (Å²) < 4.78 is 1.66. The predicted molar refractivity (Wildman–Crippen MR) is 76.2 cm³/mol. The third-order valence-electron chi connectivity index (χ3n) is 3.38. The molecule has 0 aliphatic rings. The molecule has 94 valence electrons. The van der Waals surface area contributed by atoms with E-state index in [1.54, 1.807) is 17.7 Å². The van der Waals surface area contributed by atoms with Crippen LogP contribution in [0.3, 0.4) is 0 Å². The molecule has 0 unspecified atom stereocenters. The van der Waals surface area contributed by atoms with Gasteiger partial charge in [-0.1, -0.05) is 6.07 Å². The van der Waals surface area contributed by atoms with Crippen LogP contribution < -0.4 is 0 Å². The van der Waals surface area contributed by atoms with E-state index in [1.165, 1.54) is 5.56 Å². The van der Waals surface area contributed by atoms with Crippen molar-refractivity contribution < 1.29 is 4.79 Å². The molecule has 0 amide bonds. The number of aromatic nitrogens is 2. The van der Waals surface area contributed by atoms with Crippen molar-refractivity contribution in [2.75, 3.05) is 0 Å². The molecule has 19 heavy (non-hydrogen) atoms. The molecule has 1 aromatic carbocycles. The summed E-state index contributed by atoms with van der Waals surface area (Å²) in [6, 6.07) is 10.1. The summed E-state index contributed by atoms with van der Waals surface area (Å²) in [5, 5.41) is 1.07. The molecule has 0 atom stereocenters.